The van der Waals surface area contributed by atoms with Crippen molar-refractivity contribution in [2.45, 2.75) is 39.8 Å². The second-order valence-electron chi connectivity index (χ2n) is 9.42. The molecule has 0 spiro atoms. The molecule has 0 amide bonds. The molecule has 0 aliphatic heterocycles. The van der Waals surface area contributed by atoms with E-state index in [1.807, 2.05) is 50.8 Å². The van der Waals surface area contributed by atoms with Gasteiger partial charge in [0.25, 0.3) is 11.1 Å². The minimum atomic E-state index is -0.125. The molecule has 2 heterocycles. The van der Waals surface area contributed by atoms with Crippen LogP contribution < -0.4 is 21.8 Å². The number of anilines is 2. The highest BCUT2D eigenvalue weighted by molar-refractivity contribution is 6.31. The Morgan fingerprint density at radius 1 is 0.730 bits per heavy atom. The first-order valence-electron chi connectivity index (χ1n) is 12.1. The number of nitrogens with one attached hydrogen (secondary N) is 3. The summed E-state index contributed by atoms with van der Waals surface area (Å²) in [5.41, 5.74) is 7.65. The average molecular weight is 543 g/mol. The molecule has 0 unspecified atom stereocenters. The number of hydrogen-bond acceptors (Lipinski definition) is 4. The van der Waals surface area contributed by atoms with Gasteiger partial charge >= 0.3 is 0 Å². The summed E-state index contributed by atoms with van der Waals surface area (Å²) in [4.78, 5) is 23.6. The lowest BCUT2D eigenvalue weighted by atomic mass is 9.99. The SMILES string of the molecule is Cc1cc(NCc2cc(=O)[nH]n2C)c(CCc2cc(NCc3cc(=O)n(C)n3C)c(C)cc2Cl)cc1Cl. The molecule has 4 aromatic rings. The van der Waals surface area contributed by atoms with Crippen LogP contribution in [0, 0.1) is 13.8 Å². The van der Waals surface area contributed by atoms with E-state index in [-0.39, 0.29) is 11.1 Å². The van der Waals surface area contributed by atoms with E-state index in [0.29, 0.717) is 29.6 Å². The maximum absolute atomic E-state index is 11.9. The van der Waals surface area contributed by atoms with Crippen LogP contribution in [0.25, 0.3) is 0 Å². The number of H-pyrrole nitrogens is 1. The molecule has 0 radical (unpaired) electrons. The highest BCUT2D eigenvalue weighted by Crippen LogP contribution is 2.30. The summed E-state index contributed by atoms with van der Waals surface area (Å²) < 4.78 is 5.12. The molecule has 0 bridgehead atoms. The van der Waals surface area contributed by atoms with Crippen LogP contribution in [0.5, 0.6) is 0 Å². The first-order valence-corrected chi connectivity index (χ1v) is 12.8. The lowest BCUT2D eigenvalue weighted by molar-refractivity contribution is 0.560. The number of aromatic amines is 1. The van der Waals surface area contributed by atoms with Crippen molar-refractivity contribution in [3.8, 4) is 0 Å². The van der Waals surface area contributed by atoms with Gasteiger partial charge in [-0.1, -0.05) is 23.2 Å². The molecule has 0 aliphatic rings. The molecular weight excluding hydrogens is 511 g/mol. The summed E-state index contributed by atoms with van der Waals surface area (Å²) in [6.45, 7) is 5.02. The van der Waals surface area contributed by atoms with Gasteiger partial charge in [0.15, 0.2) is 0 Å². The largest absolute Gasteiger partial charge is 0.379 e. The van der Waals surface area contributed by atoms with Gasteiger partial charge in [0.05, 0.1) is 24.5 Å². The van der Waals surface area contributed by atoms with Gasteiger partial charge in [-0.3, -0.25) is 28.7 Å². The zero-order valence-corrected chi connectivity index (χ0v) is 23.2. The van der Waals surface area contributed by atoms with E-state index in [1.165, 1.54) is 0 Å². The van der Waals surface area contributed by atoms with Crippen molar-refractivity contribution in [2.24, 2.45) is 21.1 Å². The minimum Gasteiger partial charge on any atom is -0.379 e. The Bertz CT molecular complexity index is 1560. The molecule has 2 aromatic carbocycles. The Morgan fingerprint density at radius 2 is 1.41 bits per heavy atom. The first-order chi connectivity index (χ1) is 17.5. The lowest BCUT2D eigenvalue weighted by Crippen LogP contribution is -2.17. The predicted octanol–water partition coefficient (Wildman–Crippen LogP) is 4.68. The Kier molecular flexibility index (Phi) is 7.90. The fourth-order valence-corrected chi connectivity index (χ4v) is 4.86. The van der Waals surface area contributed by atoms with E-state index in [9.17, 15) is 9.59 Å². The van der Waals surface area contributed by atoms with Crippen molar-refractivity contribution < 1.29 is 0 Å². The number of aromatic nitrogens is 4. The molecule has 196 valence electrons. The van der Waals surface area contributed by atoms with Crippen LogP contribution in [0.1, 0.15) is 33.6 Å². The Balaban J connectivity index is 1.52. The third-order valence-corrected chi connectivity index (χ3v) is 7.60. The van der Waals surface area contributed by atoms with Crippen LogP contribution in [0.3, 0.4) is 0 Å². The first kappa shape index (κ1) is 26.7. The number of hydrogen-bond donors (Lipinski definition) is 3. The Labute approximate surface area is 225 Å². The molecule has 0 saturated carbocycles. The van der Waals surface area contributed by atoms with Crippen molar-refractivity contribution in [1.82, 2.24) is 19.1 Å². The second kappa shape index (κ2) is 10.9. The van der Waals surface area contributed by atoms with Crippen LogP contribution in [0.2, 0.25) is 10.0 Å². The van der Waals surface area contributed by atoms with Gasteiger partial charge < -0.3 is 10.6 Å². The highest BCUT2D eigenvalue weighted by Gasteiger charge is 2.12. The second-order valence-corrected chi connectivity index (χ2v) is 10.2. The Morgan fingerprint density at radius 3 is 2.05 bits per heavy atom. The van der Waals surface area contributed by atoms with Crippen molar-refractivity contribution in [1.29, 1.82) is 0 Å². The third kappa shape index (κ3) is 5.97. The third-order valence-electron chi connectivity index (χ3n) is 6.84. The Hall–Kier alpha value is -3.36. The van der Waals surface area contributed by atoms with E-state index in [2.05, 4.69) is 21.8 Å². The zero-order chi connectivity index (χ0) is 26.9. The monoisotopic (exact) mass is 542 g/mol. The summed E-state index contributed by atoms with van der Waals surface area (Å²) in [5, 5.41) is 11.1. The van der Waals surface area contributed by atoms with Crippen LogP contribution >= 0.6 is 23.2 Å². The topological polar surface area (TPSA) is 88.8 Å². The molecular formula is C27H32Cl2N6O2. The standard InChI is InChI=1S/C27H32Cl2N6O2/c1-16-9-25(31-14-20-12-26(36)32-33(20)3)19(10-22(16)28)7-6-18-11-24(17(2)8-23(18)29)30-15-21-13-27(37)35(5)34(21)4/h8-13,30-31H,6-7,14-15H2,1-5H3,(H,32,36). The number of halogens is 2. The molecule has 0 fully saturated rings. The summed E-state index contributed by atoms with van der Waals surface area (Å²) >= 11 is 13.1. The van der Waals surface area contributed by atoms with Crippen molar-refractivity contribution in [3.05, 3.63) is 101 Å². The van der Waals surface area contributed by atoms with Gasteiger partial charge in [0.2, 0.25) is 0 Å². The van der Waals surface area contributed by atoms with Gasteiger partial charge in [-0.15, -0.1) is 0 Å². The quantitative estimate of drug-likeness (QED) is 0.286. The fourth-order valence-electron chi connectivity index (χ4n) is 4.36. The number of nitrogens with zero attached hydrogens (tertiary/aromatic N) is 3. The average Bonchev–Trinajstić information content (AvgIpc) is 3.30. The molecule has 8 nitrogen and oxygen atoms in total. The zero-order valence-electron chi connectivity index (χ0n) is 21.7. The van der Waals surface area contributed by atoms with E-state index in [4.69, 9.17) is 23.2 Å². The van der Waals surface area contributed by atoms with Gasteiger partial charge in [-0.2, -0.15) is 0 Å². The molecule has 2 aromatic heterocycles. The number of rotatable bonds is 9. The summed E-state index contributed by atoms with van der Waals surface area (Å²) in [5.74, 6) is 0. The van der Waals surface area contributed by atoms with Crippen LogP contribution in [-0.2, 0) is 47.1 Å². The molecule has 0 atom stereocenters. The van der Waals surface area contributed by atoms with Gasteiger partial charge in [0.1, 0.15) is 0 Å². The molecule has 0 aliphatic carbocycles. The fraction of sp³-hybridized carbons (Fsp3) is 0.333. The normalized spacial score (nSPS) is 11.2. The van der Waals surface area contributed by atoms with Crippen molar-refractivity contribution in [3.63, 3.8) is 0 Å². The molecule has 3 N–H and O–H groups in total. The van der Waals surface area contributed by atoms with E-state index < -0.39 is 0 Å². The lowest BCUT2D eigenvalue weighted by Gasteiger charge is -2.17. The van der Waals surface area contributed by atoms with Gasteiger partial charge in [-0.25, -0.2) is 0 Å². The van der Waals surface area contributed by atoms with Crippen LogP contribution in [-0.4, -0.2) is 19.1 Å². The molecule has 37 heavy (non-hydrogen) atoms. The number of benzene rings is 2. The predicted molar refractivity (Wildman–Crippen MR) is 151 cm³/mol. The maximum atomic E-state index is 11.9. The van der Waals surface area contributed by atoms with Crippen molar-refractivity contribution >= 4 is 34.6 Å². The molecule has 0 saturated heterocycles. The van der Waals surface area contributed by atoms with Gasteiger partial charge in [0, 0.05) is 54.7 Å². The summed E-state index contributed by atoms with van der Waals surface area (Å²) in [7, 11) is 5.43. The van der Waals surface area contributed by atoms with Crippen LogP contribution in [0.4, 0.5) is 11.4 Å². The maximum Gasteiger partial charge on any atom is 0.266 e. The highest BCUT2D eigenvalue weighted by atomic mass is 35.5. The summed E-state index contributed by atoms with van der Waals surface area (Å²) in [6, 6.07) is 11.3. The van der Waals surface area contributed by atoms with E-state index in [0.717, 1.165) is 51.4 Å². The summed E-state index contributed by atoms with van der Waals surface area (Å²) in [6.07, 6.45) is 1.44. The van der Waals surface area contributed by atoms with E-state index >= 15 is 0 Å². The van der Waals surface area contributed by atoms with E-state index in [1.54, 1.807) is 28.5 Å². The molecule has 4 rings (SSSR count). The van der Waals surface area contributed by atoms with Gasteiger partial charge in [-0.05, 0) is 73.2 Å². The molecule has 10 heteroatoms. The van der Waals surface area contributed by atoms with Crippen LogP contribution in [0.15, 0.2) is 46.0 Å². The smallest absolute Gasteiger partial charge is 0.266 e. The number of aryl methyl sites for hydroxylation is 5. The minimum absolute atomic E-state index is 0.0345. The van der Waals surface area contributed by atoms with Crippen molar-refractivity contribution in [2.75, 3.05) is 10.6 Å².